The Balaban J connectivity index is 2.23. The first-order chi connectivity index (χ1) is 9.88. The molecule has 2 N–H and O–H groups in total. The van der Waals surface area contributed by atoms with E-state index in [-0.39, 0.29) is 16.9 Å². The summed E-state index contributed by atoms with van der Waals surface area (Å²) in [6.07, 6.45) is 0. The van der Waals surface area contributed by atoms with Crippen molar-refractivity contribution in [2.45, 2.75) is 6.92 Å². The summed E-state index contributed by atoms with van der Waals surface area (Å²) in [6, 6.07) is 7.25. The number of nitrogens with zero attached hydrogens (tertiary/aromatic N) is 1. The Labute approximate surface area is 119 Å². The van der Waals surface area contributed by atoms with Crippen LogP contribution >= 0.6 is 0 Å². The molecule has 0 fully saturated rings. The Morgan fingerprint density at radius 1 is 1.29 bits per heavy atom. The minimum absolute atomic E-state index is 0.00610. The molecule has 0 aliphatic rings. The van der Waals surface area contributed by atoms with Gasteiger partial charge < -0.3 is 10.4 Å². The number of carbonyl (C=O) groups is 1. The second-order valence-corrected chi connectivity index (χ2v) is 4.38. The number of anilines is 1. The van der Waals surface area contributed by atoms with Crippen LogP contribution in [0.2, 0.25) is 0 Å². The van der Waals surface area contributed by atoms with E-state index in [1.54, 1.807) is 6.92 Å². The van der Waals surface area contributed by atoms with Crippen LogP contribution in [0.5, 0.6) is 5.75 Å². The fourth-order valence-electron chi connectivity index (χ4n) is 1.67. The van der Waals surface area contributed by atoms with Gasteiger partial charge in [-0.2, -0.15) is 0 Å². The minimum Gasteiger partial charge on any atom is -0.506 e. The molecule has 0 aliphatic heterocycles. The van der Waals surface area contributed by atoms with Gasteiger partial charge in [0.1, 0.15) is 11.6 Å². The predicted octanol–water partition coefficient (Wildman–Crippen LogP) is 3.00. The van der Waals surface area contributed by atoms with E-state index in [2.05, 4.69) is 5.32 Å². The molecular formula is C14H11FN2O4. The molecule has 0 aromatic heterocycles. The number of aryl methyl sites for hydroxylation is 1. The van der Waals surface area contributed by atoms with E-state index in [0.29, 0.717) is 5.56 Å². The highest BCUT2D eigenvalue weighted by molar-refractivity contribution is 6.05. The molecule has 0 saturated carbocycles. The van der Waals surface area contributed by atoms with Crippen molar-refractivity contribution < 1.29 is 19.2 Å². The molecule has 0 bridgehead atoms. The fourth-order valence-corrected chi connectivity index (χ4v) is 1.67. The van der Waals surface area contributed by atoms with Gasteiger partial charge in [0, 0.05) is 11.6 Å². The number of halogens is 1. The standard InChI is InChI=1S/C14H11FN2O4/c1-8-2-3-9(6-11(8)15)14(19)16-12-5-4-10(17(20)21)7-13(12)18/h2-7,18H,1H3,(H,16,19). The maximum atomic E-state index is 13.4. The smallest absolute Gasteiger partial charge is 0.273 e. The Hall–Kier alpha value is -2.96. The lowest BCUT2D eigenvalue weighted by molar-refractivity contribution is -0.384. The van der Waals surface area contributed by atoms with Crippen LogP contribution in [0.3, 0.4) is 0 Å². The van der Waals surface area contributed by atoms with Gasteiger partial charge >= 0.3 is 0 Å². The van der Waals surface area contributed by atoms with E-state index in [4.69, 9.17) is 0 Å². The van der Waals surface area contributed by atoms with Crippen LogP contribution in [0.25, 0.3) is 0 Å². The first-order valence-corrected chi connectivity index (χ1v) is 5.93. The monoisotopic (exact) mass is 290 g/mol. The van der Waals surface area contributed by atoms with E-state index >= 15 is 0 Å². The number of hydrogen-bond acceptors (Lipinski definition) is 4. The third kappa shape index (κ3) is 3.14. The third-order valence-corrected chi connectivity index (χ3v) is 2.87. The number of carbonyl (C=O) groups excluding carboxylic acids is 1. The van der Waals surface area contributed by atoms with Crippen LogP contribution in [0.4, 0.5) is 15.8 Å². The van der Waals surface area contributed by atoms with Gasteiger partial charge in [-0.25, -0.2) is 4.39 Å². The molecule has 7 heteroatoms. The maximum Gasteiger partial charge on any atom is 0.273 e. The zero-order chi connectivity index (χ0) is 15.6. The molecule has 0 spiro atoms. The zero-order valence-corrected chi connectivity index (χ0v) is 11.0. The third-order valence-electron chi connectivity index (χ3n) is 2.87. The van der Waals surface area contributed by atoms with Gasteiger partial charge in [0.2, 0.25) is 0 Å². The summed E-state index contributed by atoms with van der Waals surface area (Å²) in [5.41, 5.74) is 0.194. The summed E-state index contributed by atoms with van der Waals surface area (Å²) < 4.78 is 13.4. The van der Waals surface area contributed by atoms with Crippen LogP contribution in [-0.2, 0) is 0 Å². The van der Waals surface area contributed by atoms with E-state index in [9.17, 15) is 24.4 Å². The zero-order valence-electron chi connectivity index (χ0n) is 11.0. The summed E-state index contributed by atoms with van der Waals surface area (Å²) in [4.78, 5) is 21.8. The van der Waals surface area contributed by atoms with Crippen molar-refractivity contribution in [3.05, 3.63) is 63.5 Å². The topological polar surface area (TPSA) is 92.5 Å². The van der Waals surface area contributed by atoms with Crippen LogP contribution in [-0.4, -0.2) is 15.9 Å². The molecule has 0 heterocycles. The molecule has 2 aromatic carbocycles. The number of nitrogens with one attached hydrogen (secondary N) is 1. The molecule has 0 saturated heterocycles. The van der Waals surface area contributed by atoms with Crippen LogP contribution in [0.15, 0.2) is 36.4 Å². The van der Waals surface area contributed by atoms with Gasteiger partial charge in [-0.05, 0) is 30.7 Å². The van der Waals surface area contributed by atoms with Gasteiger partial charge in [0.15, 0.2) is 0 Å². The quantitative estimate of drug-likeness (QED) is 0.516. The summed E-state index contributed by atoms with van der Waals surface area (Å²) in [6.45, 7) is 1.57. The number of benzene rings is 2. The molecule has 6 nitrogen and oxygen atoms in total. The second kappa shape index (κ2) is 5.58. The molecular weight excluding hydrogens is 279 g/mol. The second-order valence-electron chi connectivity index (χ2n) is 4.38. The van der Waals surface area contributed by atoms with Crippen LogP contribution in [0, 0.1) is 22.9 Å². The first kappa shape index (κ1) is 14.4. The fraction of sp³-hybridized carbons (Fsp3) is 0.0714. The van der Waals surface area contributed by atoms with E-state index in [0.717, 1.165) is 18.2 Å². The van der Waals surface area contributed by atoms with E-state index in [1.165, 1.54) is 18.2 Å². The summed E-state index contributed by atoms with van der Waals surface area (Å²) in [5, 5.41) is 22.5. The number of nitro benzene ring substituents is 1. The average molecular weight is 290 g/mol. The lowest BCUT2D eigenvalue weighted by Crippen LogP contribution is -2.12. The molecule has 0 radical (unpaired) electrons. The Morgan fingerprint density at radius 2 is 2.00 bits per heavy atom. The molecule has 2 aromatic rings. The average Bonchev–Trinajstić information content (AvgIpc) is 2.43. The maximum absolute atomic E-state index is 13.4. The van der Waals surface area contributed by atoms with E-state index in [1.807, 2.05) is 0 Å². The molecule has 0 aliphatic carbocycles. The highest BCUT2D eigenvalue weighted by atomic mass is 19.1. The number of nitro groups is 1. The number of phenolic OH excluding ortho intramolecular Hbond substituents is 1. The van der Waals surface area contributed by atoms with Gasteiger partial charge in [-0.3, -0.25) is 14.9 Å². The minimum atomic E-state index is -0.666. The number of aromatic hydroxyl groups is 1. The lowest BCUT2D eigenvalue weighted by atomic mass is 10.1. The number of hydrogen-bond donors (Lipinski definition) is 2. The Kier molecular flexibility index (Phi) is 3.84. The lowest BCUT2D eigenvalue weighted by Gasteiger charge is -2.07. The number of rotatable bonds is 3. The highest BCUT2D eigenvalue weighted by Crippen LogP contribution is 2.28. The molecule has 108 valence electrons. The van der Waals surface area contributed by atoms with Crippen molar-refractivity contribution in [1.29, 1.82) is 0 Å². The molecule has 0 unspecified atom stereocenters. The number of amides is 1. The van der Waals surface area contributed by atoms with Gasteiger partial charge in [-0.1, -0.05) is 6.07 Å². The Bertz CT molecular complexity index is 731. The summed E-state index contributed by atoms with van der Waals surface area (Å²) >= 11 is 0. The SMILES string of the molecule is Cc1ccc(C(=O)Nc2ccc([N+](=O)[O-])cc2O)cc1F. The van der Waals surface area contributed by atoms with Crippen molar-refractivity contribution in [2.24, 2.45) is 0 Å². The number of non-ortho nitro benzene ring substituents is 1. The van der Waals surface area contributed by atoms with Crippen molar-refractivity contribution >= 4 is 17.3 Å². The van der Waals surface area contributed by atoms with Gasteiger partial charge in [0.05, 0.1) is 16.7 Å². The van der Waals surface area contributed by atoms with E-state index < -0.39 is 22.4 Å². The summed E-state index contributed by atoms with van der Waals surface area (Å²) in [5.74, 6) is -1.58. The van der Waals surface area contributed by atoms with Crippen molar-refractivity contribution in [3.63, 3.8) is 0 Å². The largest absolute Gasteiger partial charge is 0.506 e. The molecule has 0 atom stereocenters. The molecule has 1 amide bonds. The normalized spacial score (nSPS) is 10.2. The predicted molar refractivity (Wildman–Crippen MR) is 73.9 cm³/mol. The first-order valence-electron chi connectivity index (χ1n) is 5.93. The van der Waals surface area contributed by atoms with Crippen molar-refractivity contribution in [2.75, 3.05) is 5.32 Å². The van der Waals surface area contributed by atoms with Gasteiger partial charge in [-0.15, -0.1) is 0 Å². The Morgan fingerprint density at radius 3 is 2.57 bits per heavy atom. The van der Waals surface area contributed by atoms with Crippen molar-refractivity contribution in [3.8, 4) is 5.75 Å². The van der Waals surface area contributed by atoms with Gasteiger partial charge in [0.25, 0.3) is 11.6 Å². The van der Waals surface area contributed by atoms with Crippen LogP contribution < -0.4 is 5.32 Å². The molecule has 2 rings (SSSR count). The molecule has 21 heavy (non-hydrogen) atoms. The van der Waals surface area contributed by atoms with Crippen molar-refractivity contribution in [1.82, 2.24) is 0 Å². The number of phenols is 1. The van der Waals surface area contributed by atoms with Crippen LogP contribution in [0.1, 0.15) is 15.9 Å². The summed E-state index contributed by atoms with van der Waals surface area (Å²) in [7, 11) is 0. The highest BCUT2D eigenvalue weighted by Gasteiger charge is 2.14.